The van der Waals surface area contributed by atoms with Crippen LogP contribution >= 0.6 is 22.7 Å². The molecular formula is C17H18N6S2. The van der Waals surface area contributed by atoms with Crippen molar-refractivity contribution in [3.05, 3.63) is 58.1 Å². The van der Waals surface area contributed by atoms with Crippen molar-refractivity contribution in [2.24, 2.45) is 24.3 Å². The summed E-state index contributed by atoms with van der Waals surface area (Å²) in [6, 6.07) is 16.6. The number of aromatic nitrogens is 2. The predicted molar refractivity (Wildman–Crippen MR) is 104 cm³/mol. The summed E-state index contributed by atoms with van der Waals surface area (Å²) >= 11 is 3.31. The van der Waals surface area contributed by atoms with E-state index in [-0.39, 0.29) is 0 Å². The van der Waals surface area contributed by atoms with Crippen LogP contribution in [0.15, 0.2) is 58.7 Å². The Morgan fingerprint density at radius 1 is 0.760 bits per heavy atom. The van der Waals surface area contributed by atoms with E-state index in [0.717, 1.165) is 9.60 Å². The monoisotopic (exact) mass is 370 g/mol. The molecule has 0 aliphatic carbocycles. The molecule has 6 nitrogen and oxygen atoms in total. The van der Waals surface area contributed by atoms with E-state index in [2.05, 4.69) is 54.5 Å². The maximum Gasteiger partial charge on any atom is 0.208 e. The van der Waals surface area contributed by atoms with Crippen molar-refractivity contribution in [2.45, 2.75) is 0 Å². The summed E-state index contributed by atoms with van der Waals surface area (Å²) in [6.07, 6.45) is 0. The van der Waals surface area contributed by atoms with Crippen molar-refractivity contribution >= 4 is 43.1 Å². The van der Waals surface area contributed by atoms with Crippen LogP contribution in [0.2, 0.25) is 0 Å². The van der Waals surface area contributed by atoms with Gasteiger partial charge in [0.15, 0.2) is 0 Å². The molecule has 0 spiro atoms. The molecule has 0 atom stereocenters. The van der Waals surface area contributed by atoms with Crippen molar-refractivity contribution in [2.75, 3.05) is 6.67 Å². The minimum Gasteiger partial charge on any atom is -0.318 e. The van der Waals surface area contributed by atoms with E-state index in [0.29, 0.717) is 6.67 Å². The average molecular weight is 371 g/mol. The van der Waals surface area contributed by atoms with Crippen molar-refractivity contribution in [3.63, 3.8) is 0 Å². The van der Waals surface area contributed by atoms with Crippen molar-refractivity contribution in [3.8, 4) is 0 Å². The minimum atomic E-state index is 0.461. The molecule has 4 rings (SSSR count). The summed E-state index contributed by atoms with van der Waals surface area (Å²) in [5, 5.41) is 8.89. The molecular weight excluding hydrogens is 352 g/mol. The molecule has 0 aliphatic heterocycles. The Morgan fingerprint density at radius 3 is 1.64 bits per heavy atom. The van der Waals surface area contributed by atoms with E-state index in [1.807, 2.05) is 38.4 Å². The van der Waals surface area contributed by atoms with Gasteiger partial charge >= 0.3 is 0 Å². The van der Waals surface area contributed by atoms with Gasteiger partial charge in [0.1, 0.15) is 6.67 Å². The van der Waals surface area contributed by atoms with Crippen LogP contribution in [0.1, 0.15) is 0 Å². The van der Waals surface area contributed by atoms with Gasteiger partial charge in [-0.15, -0.1) is 10.2 Å². The Kier molecular flexibility index (Phi) is 4.29. The number of hydrogen-bond acceptors (Lipinski definition) is 6. The maximum atomic E-state index is 4.44. The Bertz CT molecular complexity index is 1070. The molecule has 0 bridgehead atoms. The molecule has 2 N–H and O–H groups in total. The van der Waals surface area contributed by atoms with E-state index in [1.54, 1.807) is 22.7 Å². The zero-order valence-electron chi connectivity index (χ0n) is 13.9. The molecule has 0 saturated carbocycles. The third-order valence-corrected chi connectivity index (χ3v) is 6.16. The lowest BCUT2D eigenvalue weighted by atomic mass is 10.3. The lowest BCUT2D eigenvalue weighted by Gasteiger charge is -1.99. The van der Waals surface area contributed by atoms with Crippen LogP contribution in [-0.4, -0.2) is 15.8 Å². The fraction of sp³-hybridized carbons (Fsp3) is 0.176. The minimum absolute atomic E-state index is 0.461. The Labute approximate surface area is 152 Å². The van der Waals surface area contributed by atoms with Gasteiger partial charge in [0.05, 0.1) is 20.4 Å². The van der Waals surface area contributed by atoms with Gasteiger partial charge in [0, 0.05) is 14.1 Å². The molecule has 2 heterocycles. The van der Waals surface area contributed by atoms with Gasteiger partial charge in [-0.3, -0.25) is 10.9 Å². The van der Waals surface area contributed by atoms with Crippen molar-refractivity contribution < 1.29 is 0 Å². The summed E-state index contributed by atoms with van der Waals surface area (Å²) in [5.74, 6) is 0. The number of para-hydroxylation sites is 2. The van der Waals surface area contributed by atoms with E-state index in [9.17, 15) is 0 Å². The molecule has 0 unspecified atom stereocenters. The molecule has 2 aromatic carbocycles. The standard InChI is InChI=1S/C17H18N6S2/c1-22-12-7-3-5-9-14(12)24-16(22)20-18-11-19-21-17-23(2)13-8-4-6-10-15(13)25-17/h3-10,18-19H,11H2,1-2H3/b20-16+,21-17+. The van der Waals surface area contributed by atoms with Gasteiger partial charge in [-0.25, -0.2) is 0 Å². The topological polar surface area (TPSA) is 58.6 Å². The van der Waals surface area contributed by atoms with Gasteiger partial charge < -0.3 is 9.13 Å². The lowest BCUT2D eigenvalue weighted by Crippen LogP contribution is -2.27. The molecule has 0 saturated heterocycles. The van der Waals surface area contributed by atoms with Crippen LogP contribution in [0.5, 0.6) is 0 Å². The smallest absolute Gasteiger partial charge is 0.208 e. The average Bonchev–Trinajstić information content (AvgIpc) is 3.13. The summed E-state index contributed by atoms with van der Waals surface area (Å²) in [7, 11) is 4.04. The predicted octanol–water partition coefficient (Wildman–Crippen LogP) is 2.26. The maximum absolute atomic E-state index is 4.44. The number of fused-ring (bicyclic) bond motifs is 2. The zero-order valence-corrected chi connectivity index (χ0v) is 15.6. The number of aryl methyl sites for hydroxylation is 2. The summed E-state index contributed by atoms with van der Waals surface area (Å²) < 4.78 is 6.60. The molecule has 0 aliphatic rings. The first kappa shape index (κ1) is 15.9. The van der Waals surface area contributed by atoms with E-state index >= 15 is 0 Å². The van der Waals surface area contributed by atoms with Crippen molar-refractivity contribution in [1.29, 1.82) is 0 Å². The Morgan fingerprint density at radius 2 is 1.20 bits per heavy atom. The molecule has 0 fully saturated rings. The Balaban J connectivity index is 1.48. The van der Waals surface area contributed by atoms with Gasteiger partial charge in [-0.1, -0.05) is 46.9 Å². The van der Waals surface area contributed by atoms with Gasteiger partial charge in [0.2, 0.25) is 9.60 Å². The summed E-state index contributed by atoms with van der Waals surface area (Å²) in [5.41, 5.74) is 8.43. The van der Waals surface area contributed by atoms with E-state index in [1.165, 1.54) is 20.4 Å². The second kappa shape index (κ2) is 6.73. The van der Waals surface area contributed by atoms with Gasteiger partial charge in [0.25, 0.3) is 0 Å². The highest BCUT2D eigenvalue weighted by Gasteiger charge is 2.01. The second-order valence-corrected chi connectivity index (χ2v) is 7.56. The molecule has 0 radical (unpaired) electrons. The zero-order chi connectivity index (χ0) is 17.2. The summed E-state index contributed by atoms with van der Waals surface area (Å²) in [6.45, 7) is 0.461. The molecule has 4 aromatic rings. The fourth-order valence-corrected chi connectivity index (χ4v) is 4.62. The number of nitrogens with one attached hydrogen (secondary N) is 2. The molecule has 2 aromatic heterocycles. The highest BCUT2D eigenvalue weighted by Crippen LogP contribution is 2.15. The fourth-order valence-electron chi connectivity index (χ4n) is 2.63. The normalized spacial score (nSPS) is 13.0. The SMILES string of the molecule is Cn1/c(=N\NCN/N=c2/sc3ccccc3n2C)sc2ccccc21. The van der Waals surface area contributed by atoms with Gasteiger partial charge in [-0.2, -0.15) is 0 Å². The number of hydrogen-bond donors (Lipinski definition) is 2. The van der Waals surface area contributed by atoms with E-state index < -0.39 is 0 Å². The van der Waals surface area contributed by atoms with Crippen LogP contribution in [-0.2, 0) is 14.1 Å². The number of nitrogens with zero attached hydrogens (tertiary/aromatic N) is 4. The second-order valence-electron chi connectivity index (χ2n) is 5.54. The molecule has 8 heteroatoms. The first-order chi connectivity index (χ1) is 12.2. The van der Waals surface area contributed by atoms with E-state index in [4.69, 9.17) is 0 Å². The van der Waals surface area contributed by atoms with Crippen LogP contribution in [0.3, 0.4) is 0 Å². The molecule has 25 heavy (non-hydrogen) atoms. The summed E-state index contributed by atoms with van der Waals surface area (Å²) in [4.78, 5) is 1.85. The van der Waals surface area contributed by atoms with Crippen LogP contribution in [0, 0.1) is 0 Å². The first-order valence-corrected chi connectivity index (χ1v) is 9.49. The number of thiazole rings is 2. The van der Waals surface area contributed by atoms with Crippen molar-refractivity contribution in [1.82, 2.24) is 20.0 Å². The largest absolute Gasteiger partial charge is 0.318 e. The molecule has 0 amide bonds. The highest BCUT2D eigenvalue weighted by atomic mass is 32.1. The number of benzene rings is 2. The Hall–Kier alpha value is -2.58. The third-order valence-electron chi connectivity index (χ3n) is 3.94. The number of rotatable bonds is 4. The molecule has 128 valence electrons. The lowest BCUT2D eigenvalue weighted by molar-refractivity contribution is 0.595. The van der Waals surface area contributed by atoms with Crippen LogP contribution in [0.4, 0.5) is 0 Å². The quantitative estimate of drug-likeness (QED) is 0.329. The first-order valence-electron chi connectivity index (χ1n) is 7.86. The van der Waals surface area contributed by atoms with Crippen LogP contribution in [0.25, 0.3) is 20.4 Å². The highest BCUT2D eigenvalue weighted by molar-refractivity contribution is 7.16. The van der Waals surface area contributed by atoms with Gasteiger partial charge in [-0.05, 0) is 24.3 Å². The third kappa shape index (κ3) is 3.06. The van der Waals surface area contributed by atoms with Crippen LogP contribution < -0.4 is 20.5 Å².